The SMILES string of the molecule is CCN(Cc1cnc[nH]1)c1nc(Cl)ncc1F. The van der Waals surface area contributed by atoms with Crippen molar-refractivity contribution in [2.24, 2.45) is 0 Å². The first-order valence-corrected chi connectivity index (χ1v) is 5.48. The Balaban J connectivity index is 2.25. The molecule has 2 aromatic heterocycles. The van der Waals surface area contributed by atoms with Gasteiger partial charge in [0.2, 0.25) is 5.28 Å². The Morgan fingerprint density at radius 2 is 2.29 bits per heavy atom. The fraction of sp³-hybridized carbons (Fsp3) is 0.300. The van der Waals surface area contributed by atoms with Crippen LogP contribution in [-0.4, -0.2) is 26.5 Å². The molecular formula is C10H11ClFN5. The van der Waals surface area contributed by atoms with E-state index in [2.05, 4.69) is 19.9 Å². The van der Waals surface area contributed by atoms with E-state index >= 15 is 0 Å². The summed E-state index contributed by atoms with van der Waals surface area (Å²) in [7, 11) is 0. The normalized spacial score (nSPS) is 10.5. The minimum absolute atomic E-state index is 0.0319. The van der Waals surface area contributed by atoms with E-state index in [1.807, 2.05) is 6.92 Å². The summed E-state index contributed by atoms with van der Waals surface area (Å²) in [6, 6.07) is 0. The molecule has 1 N–H and O–H groups in total. The highest BCUT2D eigenvalue weighted by Crippen LogP contribution is 2.18. The quantitative estimate of drug-likeness (QED) is 0.850. The van der Waals surface area contributed by atoms with Crippen molar-refractivity contribution in [2.45, 2.75) is 13.5 Å². The molecule has 2 aromatic rings. The third kappa shape index (κ3) is 2.71. The highest BCUT2D eigenvalue weighted by atomic mass is 35.5. The fourth-order valence-corrected chi connectivity index (χ4v) is 1.60. The van der Waals surface area contributed by atoms with Gasteiger partial charge in [0.25, 0.3) is 0 Å². The Hall–Kier alpha value is -1.69. The maximum Gasteiger partial charge on any atom is 0.224 e. The van der Waals surface area contributed by atoms with E-state index in [9.17, 15) is 4.39 Å². The molecule has 90 valence electrons. The second-order valence-electron chi connectivity index (χ2n) is 3.40. The summed E-state index contributed by atoms with van der Waals surface area (Å²) in [5, 5.41) is 0.0319. The molecule has 17 heavy (non-hydrogen) atoms. The van der Waals surface area contributed by atoms with Gasteiger partial charge >= 0.3 is 0 Å². The molecule has 0 saturated carbocycles. The van der Waals surface area contributed by atoms with Gasteiger partial charge in [-0.2, -0.15) is 4.98 Å². The Morgan fingerprint density at radius 1 is 1.47 bits per heavy atom. The van der Waals surface area contributed by atoms with Crippen LogP contribution in [0.2, 0.25) is 5.28 Å². The molecule has 0 saturated heterocycles. The van der Waals surface area contributed by atoms with Crippen LogP contribution in [0.15, 0.2) is 18.7 Å². The molecular weight excluding hydrogens is 245 g/mol. The number of hydrogen-bond acceptors (Lipinski definition) is 4. The van der Waals surface area contributed by atoms with Gasteiger partial charge < -0.3 is 9.88 Å². The van der Waals surface area contributed by atoms with Crippen LogP contribution in [-0.2, 0) is 6.54 Å². The molecule has 7 heteroatoms. The standard InChI is InChI=1S/C10H11ClFN5/c1-2-17(5-7-3-13-6-15-7)9-8(12)4-14-10(11)16-9/h3-4,6H,2,5H2,1H3,(H,13,15). The summed E-state index contributed by atoms with van der Waals surface area (Å²) in [5.74, 6) is -0.294. The second kappa shape index (κ2) is 5.09. The summed E-state index contributed by atoms with van der Waals surface area (Å²) < 4.78 is 13.6. The van der Waals surface area contributed by atoms with Gasteiger partial charge in [-0.25, -0.2) is 14.4 Å². The summed E-state index contributed by atoms with van der Waals surface area (Å²) in [6.45, 7) is 3.00. The topological polar surface area (TPSA) is 57.7 Å². The van der Waals surface area contributed by atoms with Gasteiger partial charge in [0.1, 0.15) is 0 Å². The maximum absolute atomic E-state index is 13.6. The van der Waals surface area contributed by atoms with Crippen LogP contribution in [0.5, 0.6) is 0 Å². The lowest BCUT2D eigenvalue weighted by Crippen LogP contribution is -2.24. The molecule has 0 amide bonds. The maximum atomic E-state index is 13.6. The van der Waals surface area contributed by atoms with Crippen LogP contribution in [0.25, 0.3) is 0 Å². The molecule has 0 atom stereocenters. The molecule has 0 bridgehead atoms. The number of aromatic amines is 1. The van der Waals surface area contributed by atoms with Crippen LogP contribution in [0, 0.1) is 5.82 Å². The average molecular weight is 256 g/mol. The zero-order chi connectivity index (χ0) is 12.3. The minimum atomic E-state index is -0.490. The van der Waals surface area contributed by atoms with Crippen molar-refractivity contribution in [1.82, 2.24) is 19.9 Å². The molecule has 2 rings (SSSR count). The summed E-state index contributed by atoms with van der Waals surface area (Å²) in [5.41, 5.74) is 0.876. The van der Waals surface area contributed by atoms with Crippen molar-refractivity contribution >= 4 is 17.4 Å². The summed E-state index contributed by atoms with van der Waals surface area (Å²) in [4.78, 5) is 16.1. The zero-order valence-corrected chi connectivity index (χ0v) is 9.95. The van der Waals surface area contributed by atoms with E-state index in [4.69, 9.17) is 11.6 Å². The van der Waals surface area contributed by atoms with Gasteiger partial charge in [-0.15, -0.1) is 0 Å². The van der Waals surface area contributed by atoms with Gasteiger partial charge in [-0.1, -0.05) is 0 Å². The second-order valence-corrected chi connectivity index (χ2v) is 3.74. The lowest BCUT2D eigenvalue weighted by molar-refractivity contribution is 0.601. The summed E-state index contributed by atoms with van der Waals surface area (Å²) >= 11 is 5.66. The Labute approximate surface area is 103 Å². The predicted octanol–water partition coefficient (Wildman–Crippen LogP) is 2.02. The number of anilines is 1. The minimum Gasteiger partial charge on any atom is -0.348 e. The first kappa shape index (κ1) is 11.8. The van der Waals surface area contributed by atoms with Crippen molar-refractivity contribution < 1.29 is 4.39 Å². The number of nitrogens with one attached hydrogen (secondary N) is 1. The molecule has 0 aromatic carbocycles. The first-order chi connectivity index (χ1) is 8.20. The van der Waals surface area contributed by atoms with Crippen molar-refractivity contribution in [3.8, 4) is 0 Å². The number of halogens is 2. The number of hydrogen-bond donors (Lipinski definition) is 1. The first-order valence-electron chi connectivity index (χ1n) is 5.11. The van der Waals surface area contributed by atoms with Crippen molar-refractivity contribution in [3.63, 3.8) is 0 Å². The smallest absolute Gasteiger partial charge is 0.224 e. The number of imidazole rings is 1. The molecule has 0 radical (unpaired) electrons. The third-order valence-corrected chi connectivity index (χ3v) is 2.48. The molecule has 0 fully saturated rings. The summed E-state index contributed by atoms with van der Waals surface area (Å²) in [6.07, 6.45) is 4.33. The van der Waals surface area contributed by atoms with Gasteiger partial charge in [-0.05, 0) is 18.5 Å². The predicted molar refractivity (Wildman–Crippen MR) is 62.3 cm³/mol. The highest BCUT2D eigenvalue weighted by molar-refractivity contribution is 6.28. The number of nitrogens with zero attached hydrogens (tertiary/aromatic N) is 4. The van der Waals surface area contributed by atoms with E-state index in [-0.39, 0.29) is 11.1 Å². The molecule has 5 nitrogen and oxygen atoms in total. The van der Waals surface area contributed by atoms with Crippen LogP contribution in [0.3, 0.4) is 0 Å². The lowest BCUT2D eigenvalue weighted by atomic mass is 10.4. The fourth-order valence-electron chi connectivity index (χ4n) is 1.47. The highest BCUT2D eigenvalue weighted by Gasteiger charge is 2.14. The number of H-pyrrole nitrogens is 1. The monoisotopic (exact) mass is 255 g/mol. The van der Waals surface area contributed by atoms with Gasteiger partial charge in [0.15, 0.2) is 11.6 Å². The molecule has 0 aliphatic rings. The largest absolute Gasteiger partial charge is 0.348 e. The Morgan fingerprint density at radius 3 is 2.94 bits per heavy atom. The number of rotatable bonds is 4. The lowest BCUT2D eigenvalue weighted by Gasteiger charge is -2.21. The molecule has 2 heterocycles. The van der Waals surface area contributed by atoms with Crippen molar-refractivity contribution in [2.75, 3.05) is 11.4 Å². The van der Waals surface area contributed by atoms with Gasteiger partial charge in [0.05, 0.1) is 24.8 Å². The molecule has 0 spiro atoms. The Bertz CT molecular complexity index is 487. The van der Waals surface area contributed by atoms with Crippen LogP contribution in [0.4, 0.5) is 10.2 Å². The van der Waals surface area contributed by atoms with E-state index in [0.717, 1.165) is 11.9 Å². The Kier molecular flexibility index (Phi) is 3.53. The number of aromatic nitrogens is 4. The van der Waals surface area contributed by atoms with Crippen molar-refractivity contribution in [1.29, 1.82) is 0 Å². The molecule has 0 aliphatic carbocycles. The van der Waals surface area contributed by atoms with Crippen LogP contribution < -0.4 is 4.90 Å². The average Bonchev–Trinajstić information content (AvgIpc) is 2.82. The third-order valence-electron chi connectivity index (χ3n) is 2.29. The van der Waals surface area contributed by atoms with E-state index in [1.54, 1.807) is 17.4 Å². The zero-order valence-electron chi connectivity index (χ0n) is 9.19. The van der Waals surface area contributed by atoms with Crippen LogP contribution in [0.1, 0.15) is 12.6 Å². The van der Waals surface area contributed by atoms with E-state index in [1.165, 1.54) is 0 Å². The molecule has 0 aliphatic heterocycles. The van der Waals surface area contributed by atoms with Gasteiger partial charge in [0, 0.05) is 12.7 Å². The van der Waals surface area contributed by atoms with E-state index in [0.29, 0.717) is 13.1 Å². The van der Waals surface area contributed by atoms with E-state index < -0.39 is 5.82 Å². The molecule has 0 unspecified atom stereocenters. The van der Waals surface area contributed by atoms with Crippen molar-refractivity contribution in [3.05, 3.63) is 35.5 Å². The van der Waals surface area contributed by atoms with Crippen LogP contribution >= 0.6 is 11.6 Å². The van der Waals surface area contributed by atoms with Gasteiger partial charge in [-0.3, -0.25) is 0 Å².